The van der Waals surface area contributed by atoms with E-state index in [9.17, 15) is 14.0 Å². The van der Waals surface area contributed by atoms with Crippen molar-refractivity contribution in [1.82, 2.24) is 10.2 Å². The second-order valence-corrected chi connectivity index (χ2v) is 4.47. The highest BCUT2D eigenvalue weighted by atomic mass is 35.5. The van der Waals surface area contributed by atoms with Crippen molar-refractivity contribution in [2.75, 3.05) is 13.1 Å². The van der Waals surface area contributed by atoms with Gasteiger partial charge in [-0.3, -0.25) is 9.59 Å². The molecule has 1 aromatic carbocycles. The van der Waals surface area contributed by atoms with E-state index in [0.29, 0.717) is 6.54 Å². The summed E-state index contributed by atoms with van der Waals surface area (Å²) < 4.78 is 13.9. The van der Waals surface area contributed by atoms with Crippen LogP contribution >= 0.6 is 11.6 Å². The van der Waals surface area contributed by atoms with E-state index in [0.717, 1.165) is 6.08 Å². The highest BCUT2D eigenvalue weighted by Crippen LogP contribution is 2.31. The Bertz CT molecular complexity index is 527. The lowest BCUT2D eigenvalue weighted by atomic mass is 10.0. The lowest BCUT2D eigenvalue weighted by molar-refractivity contribution is -0.140. The van der Waals surface area contributed by atoms with Gasteiger partial charge in [0.2, 0.25) is 11.8 Å². The van der Waals surface area contributed by atoms with Crippen LogP contribution in [0.4, 0.5) is 4.39 Å². The van der Waals surface area contributed by atoms with E-state index in [1.807, 2.05) is 0 Å². The molecule has 1 heterocycles. The van der Waals surface area contributed by atoms with Crippen molar-refractivity contribution in [3.05, 3.63) is 47.3 Å². The zero-order valence-corrected chi connectivity index (χ0v) is 10.8. The number of amides is 2. The molecule has 1 fully saturated rings. The summed E-state index contributed by atoms with van der Waals surface area (Å²) in [5.41, 5.74) is 0.0107. The molecule has 0 saturated carbocycles. The van der Waals surface area contributed by atoms with Crippen molar-refractivity contribution < 1.29 is 14.0 Å². The maximum atomic E-state index is 13.9. The van der Waals surface area contributed by atoms with Gasteiger partial charge < -0.3 is 10.2 Å². The van der Waals surface area contributed by atoms with Crippen LogP contribution in [-0.4, -0.2) is 29.8 Å². The van der Waals surface area contributed by atoms with Crippen molar-refractivity contribution >= 4 is 23.4 Å². The Kier molecular flexibility index (Phi) is 3.85. The Morgan fingerprint density at radius 3 is 2.95 bits per heavy atom. The first kappa shape index (κ1) is 13.5. The number of benzene rings is 1. The fourth-order valence-corrected chi connectivity index (χ4v) is 2.35. The molecular weight excluding hydrogens is 271 g/mol. The minimum absolute atomic E-state index is 0.0107. The molecule has 1 atom stereocenters. The molecule has 0 unspecified atom stereocenters. The Morgan fingerprint density at radius 2 is 2.32 bits per heavy atom. The highest BCUT2D eigenvalue weighted by molar-refractivity contribution is 6.31. The van der Waals surface area contributed by atoms with E-state index < -0.39 is 23.7 Å². The molecule has 1 aliphatic rings. The number of hydrogen-bond donors (Lipinski definition) is 1. The first-order valence-electron chi connectivity index (χ1n) is 5.71. The average molecular weight is 283 g/mol. The van der Waals surface area contributed by atoms with E-state index in [4.69, 9.17) is 11.6 Å². The molecule has 19 heavy (non-hydrogen) atoms. The zero-order chi connectivity index (χ0) is 14.0. The number of piperazine rings is 1. The fourth-order valence-electron chi connectivity index (χ4n) is 2.08. The van der Waals surface area contributed by atoms with Gasteiger partial charge in [-0.25, -0.2) is 4.39 Å². The molecule has 1 N–H and O–H groups in total. The Labute approximate surface area is 114 Å². The number of carbonyl (C=O) groups is 2. The molecule has 0 aliphatic carbocycles. The molecule has 0 radical (unpaired) electrons. The Morgan fingerprint density at radius 1 is 1.58 bits per heavy atom. The van der Waals surface area contributed by atoms with Crippen LogP contribution in [0.2, 0.25) is 5.02 Å². The van der Waals surface area contributed by atoms with Gasteiger partial charge in [-0.15, -0.1) is 0 Å². The van der Waals surface area contributed by atoms with Crippen molar-refractivity contribution in [3.63, 3.8) is 0 Å². The summed E-state index contributed by atoms with van der Waals surface area (Å²) in [6.07, 6.45) is 1.10. The number of nitrogens with zero attached hydrogens (tertiary/aromatic N) is 1. The number of halogens is 2. The standard InChI is InChI=1S/C13H12ClFN2O2/c1-2-10(18)17-7-6-16-13(19)12(17)11-8(14)4-3-5-9(11)15/h2-5,12H,1,6-7H2,(H,16,19)/t12-/m0/s1. The first-order chi connectivity index (χ1) is 9.06. The molecule has 4 nitrogen and oxygen atoms in total. The molecule has 1 aromatic rings. The van der Waals surface area contributed by atoms with Crippen LogP contribution in [0.15, 0.2) is 30.9 Å². The van der Waals surface area contributed by atoms with Crippen molar-refractivity contribution in [2.45, 2.75) is 6.04 Å². The summed E-state index contributed by atoms with van der Waals surface area (Å²) in [5, 5.41) is 2.72. The van der Waals surface area contributed by atoms with Crippen LogP contribution in [0.3, 0.4) is 0 Å². The zero-order valence-electron chi connectivity index (χ0n) is 10.0. The third-order valence-electron chi connectivity index (χ3n) is 2.94. The molecular formula is C13H12ClFN2O2. The second kappa shape index (κ2) is 5.40. The van der Waals surface area contributed by atoms with Gasteiger partial charge in [0, 0.05) is 23.7 Å². The SMILES string of the molecule is C=CC(=O)N1CCNC(=O)[C@@H]1c1c(F)cccc1Cl. The van der Waals surface area contributed by atoms with Crippen LogP contribution in [0.5, 0.6) is 0 Å². The largest absolute Gasteiger partial charge is 0.352 e. The van der Waals surface area contributed by atoms with E-state index >= 15 is 0 Å². The third-order valence-corrected chi connectivity index (χ3v) is 3.27. The molecule has 1 aliphatic heterocycles. The second-order valence-electron chi connectivity index (χ2n) is 4.06. The predicted molar refractivity (Wildman–Crippen MR) is 69.1 cm³/mol. The molecule has 1 saturated heterocycles. The summed E-state index contributed by atoms with van der Waals surface area (Å²) in [4.78, 5) is 25.0. The van der Waals surface area contributed by atoms with Crippen molar-refractivity contribution in [2.24, 2.45) is 0 Å². The van der Waals surface area contributed by atoms with Gasteiger partial charge in [0.1, 0.15) is 11.9 Å². The maximum Gasteiger partial charge on any atom is 0.247 e. The number of rotatable bonds is 2. The molecule has 0 spiro atoms. The molecule has 0 aromatic heterocycles. The molecule has 2 amide bonds. The number of nitrogens with one attached hydrogen (secondary N) is 1. The van der Waals surface area contributed by atoms with Crippen molar-refractivity contribution in [1.29, 1.82) is 0 Å². The van der Waals surface area contributed by atoms with E-state index in [2.05, 4.69) is 11.9 Å². The van der Waals surface area contributed by atoms with E-state index in [-0.39, 0.29) is 17.1 Å². The smallest absolute Gasteiger partial charge is 0.247 e. The van der Waals surface area contributed by atoms with E-state index in [1.165, 1.54) is 23.1 Å². The van der Waals surface area contributed by atoms with Crippen LogP contribution in [-0.2, 0) is 9.59 Å². The average Bonchev–Trinajstić information content (AvgIpc) is 2.39. The third kappa shape index (κ3) is 2.46. The van der Waals surface area contributed by atoms with Crippen molar-refractivity contribution in [3.8, 4) is 0 Å². The number of hydrogen-bond acceptors (Lipinski definition) is 2. The summed E-state index contributed by atoms with van der Waals surface area (Å²) in [6, 6.07) is 3.08. The summed E-state index contributed by atoms with van der Waals surface area (Å²) in [6.45, 7) is 3.99. The van der Waals surface area contributed by atoms with Crippen LogP contribution in [0.1, 0.15) is 11.6 Å². The molecule has 2 rings (SSSR count). The van der Waals surface area contributed by atoms with Crippen LogP contribution < -0.4 is 5.32 Å². The van der Waals surface area contributed by atoms with Crippen LogP contribution in [0.25, 0.3) is 0 Å². The van der Waals surface area contributed by atoms with Gasteiger partial charge in [-0.2, -0.15) is 0 Å². The topological polar surface area (TPSA) is 49.4 Å². The lowest BCUT2D eigenvalue weighted by Crippen LogP contribution is -2.52. The van der Waals surface area contributed by atoms with Gasteiger partial charge in [0.25, 0.3) is 0 Å². The summed E-state index contributed by atoms with van der Waals surface area (Å²) in [7, 11) is 0. The molecule has 100 valence electrons. The highest BCUT2D eigenvalue weighted by Gasteiger charge is 2.36. The summed E-state index contributed by atoms with van der Waals surface area (Å²) >= 11 is 5.96. The lowest BCUT2D eigenvalue weighted by Gasteiger charge is -2.35. The fraction of sp³-hybridized carbons (Fsp3) is 0.231. The minimum Gasteiger partial charge on any atom is -0.352 e. The normalized spacial score (nSPS) is 18.9. The van der Waals surface area contributed by atoms with Crippen LogP contribution in [0, 0.1) is 5.82 Å². The quantitative estimate of drug-likeness (QED) is 0.839. The number of carbonyl (C=O) groups excluding carboxylic acids is 2. The molecule has 6 heteroatoms. The minimum atomic E-state index is -1.06. The van der Waals surface area contributed by atoms with E-state index in [1.54, 1.807) is 0 Å². The maximum absolute atomic E-state index is 13.9. The summed E-state index contributed by atoms with van der Waals surface area (Å²) in [5.74, 6) is -1.50. The Balaban J connectivity index is 2.51. The predicted octanol–water partition coefficient (Wildman–Crippen LogP) is 1.66. The van der Waals surface area contributed by atoms with Gasteiger partial charge >= 0.3 is 0 Å². The van der Waals surface area contributed by atoms with Gasteiger partial charge in [0.15, 0.2) is 0 Å². The van der Waals surface area contributed by atoms with Gasteiger partial charge in [-0.05, 0) is 18.2 Å². The molecule has 0 bridgehead atoms. The van der Waals surface area contributed by atoms with Gasteiger partial charge in [-0.1, -0.05) is 24.2 Å². The monoisotopic (exact) mass is 282 g/mol. The van der Waals surface area contributed by atoms with Gasteiger partial charge in [0.05, 0.1) is 0 Å². The first-order valence-corrected chi connectivity index (χ1v) is 6.08. The Hall–Kier alpha value is -1.88.